The minimum Gasteiger partial charge on any atom is -0.423 e. The number of hydrogen-bond acceptors (Lipinski definition) is 5. The molecule has 0 aromatic carbocycles. The maximum Gasteiger partial charge on any atom is 0.435 e. The number of alkyl halides is 3. The number of aryl methyl sites for hydroxylation is 2. The first-order chi connectivity index (χ1) is 10.2. The number of amides is 1. The summed E-state index contributed by atoms with van der Waals surface area (Å²) in [6, 6.07) is 0.712. The van der Waals surface area contributed by atoms with Crippen LogP contribution in [-0.2, 0) is 26.2 Å². The molecule has 0 saturated carbocycles. The predicted octanol–water partition coefficient (Wildman–Crippen LogP) is 1.66. The van der Waals surface area contributed by atoms with Crippen molar-refractivity contribution in [1.82, 2.24) is 24.9 Å². The minimum atomic E-state index is -4.60. The van der Waals surface area contributed by atoms with Crippen LogP contribution < -0.4 is 0 Å². The Morgan fingerprint density at radius 1 is 1.36 bits per heavy atom. The molecule has 0 aliphatic carbocycles. The van der Waals surface area contributed by atoms with Crippen molar-refractivity contribution in [2.45, 2.75) is 26.1 Å². The van der Waals surface area contributed by atoms with E-state index in [1.807, 2.05) is 6.92 Å². The highest BCUT2D eigenvalue weighted by Crippen LogP contribution is 2.28. The van der Waals surface area contributed by atoms with Crippen molar-refractivity contribution >= 4 is 5.91 Å². The lowest BCUT2D eigenvalue weighted by Crippen LogP contribution is -2.28. The first-order valence-electron chi connectivity index (χ1n) is 6.40. The zero-order valence-electron chi connectivity index (χ0n) is 12.2. The molecule has 0 spiro atoms. The number of hydrogen-bond donors (Lipinski definition) is 0. The van der Waals surface area contributed by atoms with Crippen molar-refractivity contribution in [1.29, 1.82) is 0 Å². The zero-order chi connectivity index (χ0) is 16.5. The van der Waals surface area contributed by atoms with Gasteiger partial charge >= 0.3 is 6.18 Å². The highest BCUT2D eigenvalue weighted by Gasteiger charge is 2.35. The summed E-state index contributed by atoms with van der Waals surface area (Å²) >= 11 is 0. The average molecular weight is 317 g/mol. The number of nitrogens with zero attached hydrogens (tertiary/aromatic N) is 5. The van der Waals surface area contributed by atoms with Gasteiger partial charge in [-0.2, -0.15) is 18.3 Å². The number of aromatic nitrogens is 4. The van der Waals surface area contributed by atoms with Crippen LogP contribution >= 0.6 is 0 Å². The summed E-state index contributed by atoms with van der Waals surface area (Å²) in [5.74, 6) is 0.0170. The van der Waals surface area contributed by atoms with Crippen LogP contribution in [0.15, 0.2) is 10.5 Å². The summed E-state index contributed by atoms with van der Waals surface area (Å²) in [5, 5.41) is 10.8. The van der Waals surface area contributed by atoms with E-state index < -0.39 is 17.8 Å². The molecule has 2 aromatic rings. The van der Waals surface area contributed by atoms with Crippen molar-refractivity contribution < 1.29 is 22.4 Å². The summed E-state index contributed by atoms with van der Waals surface area (Å²) in [6.07, 6.45) is -4.04. The van der Waals surface area contributed by atoms with E-state index in [4.69, 9.17) is 4.42 Å². The Labute approximate surface area is 123 Å². The first-order valence-corrected chi connectivity index (χ1v) is 6.40. The second-order valence-corrected chi connectivity index (χ2v) is 4.64. The quantitative estimate of drug-likeness (QED) is 0.857. The maximum absolute atomic E-state index is 12.6. The van der Waals surface area contributed by atoms with E-state index in [2.05, 4.69) is 15.3 Å². The molecule has 0 radical (unpaired) electrons. The molecule has 22 heavy (non-hydrogen) atoms. The van der Waals surface area contributed by atoms with Gasteiger partial charge in [0.2, 0.25) is 11.8 Å². The summed E-state index contributed by atoms with van der Waals surface area (Å²) < 4.78 is 44.0. The second-order valence-electron chi connectivity index (χ2n) is 4.64. The monoisotopic (exact) mass is 317 g/mol. The smallest absolute Gasteiger partial charge is 0.423 e. The third kappa shape index (κ3) is 3.26. The molecule has 0 saturated heterocycles. The van der Waals surface area contributed by atoms with Gasteiger partial charge in [-0.05, 0) is 0 Å². The largest absolute Gasteiger partial charge is 0.435 e. The molecule has 7 nitrogen and oxygen atoms in total. The van der Waals surface area contributed by atoms with Crippen LogP contribution in [-0.4, -0.2) is 37.8 Å². The standard InChI is InChI=1S/C12H14F3N5O2/c1-4-9-16-17-10(22-9)6-19(2)11(21)7-5-8(12(13,14)15)18-20(7)3/h5H,4,6H2,1-3H3. The van der Waals surface area contributed by atoms with Crippen molar-refractivity contribution in [3.8, 4) is 0 Å². The lowest BCUT2D eigenvalue weighted by Gasteiger charge is -2.14. The van der Waals surface area contributed by atoms with E-state index in [-0.39, 0.29) is 18.1 Å². The molecule has 0 aliphatic heterocycles. The molecule has 2 heterocycles. The lowest BCUT2D eigenvalue weighted by atomic mass is 10.3. The van der Waals surface area contributed by atoms with Crippen LogP contribution in [0.2, 0.25) is 0 Å². The zero-order valence-corrected chi connectivity index (χ0v) is 12.2. The molecule has 120 valence electrons. The maximum atomic E-state index is 12.6. The van der Waals surface area contributed by atoms with Crippen LogP contribution in [0.5, 0.6) is 0 Å². The number of carbonyl (C=O) groups excluding carboxylic acids is 1. The van der Waals surface area contributed by atoms with Crippen LogP contribution in [0.3, 0.4) is 0 Å². The molecule has 1 amide bonds. The van der Waals surface area contributed by atoms with Crippen LogP contribution in [0.4, 0.5) is 13.2 Å². The van der Waals surface area contributed by atoms with Gasteiger partial charge in [-0.15, -0.1) is 10.2 Å². The van der Waals surface area contributed by atoms with E-state index in [1.165, 1.54) is 19.0 Å². The molecule has 10 heteroatoms. The SMILES string of the molecule is CCc1nnc(CN(C)C(=O)c2cc(C(F)(F)F)nn2C)o1. The highest BCUT2D eigenvalue weighted by atomic mass is 19.4. The van der Waals surface area contributed by atoms with Gasteiger partial charge in [0.25, 0.3) is 5.91 Å². The third-order valence-corrected chi connectivity index (χ3v) is 2.92. The van der Waals surface area contributed by atoms with Gasteiger partial charge in [0, 0.05) is 26.6 Å². The topological polar surface area (TPSA) is 77.1 Å². The van der Waals surface area contributed by atoms with Crippen LogP contribution in [0, 0.1) is 0 Å². The van der Waals surface area contributed by atoms with E-state index in [1.54, 1.807) is 0 Å². The lowest BCUT2D eigenvalue weighted by molar-refractivity contribution is -0.141. The molecule has 2 rings (SSSR count). The van der Waals surface area contributed by atoms with E-state index in [9.17, 15) is 18.0 Å². The molecule has 2 aromatic heterocycles. The predicted molar refractivity (Wildman–Crippen MR) is 67.7 cm³/mol. The van der Waals surface area contributed by atoms with Gasteiger partial charge in [0.15, 0.2) is 5.69 Å². The van der Waals surface area contributed by atoms with Crippen molar-refractivity contribution in [3.05, 3.63) is 29.2 Å². The van der Waals surface area contributed by atoms with Gasteiger partial charge in [-0.1, -0.05) is 6.92 Å². The fourth-order valence-electron chi connectivity index (χ4n) is 1.77. The molecule has 0 N–H and O–H groups in total. The Bertz CT molecular complexity index is 677. The first kappa shape index (κ1) is 16.0. The number of carbonyl (C=O) groups is 1. The fraction of sp³-hybridized carbons (Fsp3) is 0.500. The van der Waals surface area contributed by atoms with Gasteiger partial charge in [0.05, 0.1) is 6.54 Å². The van der Waals surface area contributed by atoms with Crippen LogP contribution in [0.25, 0.3) is 0 Å². The highest BCUT2D eigenvalue weighted by molar-refractivity contribution is 5.92. The van der Waals surface area contributed by atoms with Crippen molar-refractivity contribution in [2.75, 3.05) is 7.05 Å². The molecule has 0 bridgehead atoms. The summed E-state index contributed by atoms with van der Waals surface area (Å²) in [4.78, 5) is 13.4. The van der Waals surface area contributed by atoms with Gasteiger partial charge < -0.3 is 9.32 Å². The average Bonchev–Trinajstić information content (AvgIpc) is 3.03. The molecular formula is C12H14F3N5O2. The van der Waals surface area contributed by atoms with E-state index >= 15 is 0 Å². The van der Waals surface area contributed by atoms with Gasteiger partial charge in [0.1, 0.15) is 5.69 Å². The fourth-order valence-corrected chi connectivity index (χ4v) is 1.77. The summed E-state index contributed by atoms with van der Waals surface area (Å²) in [5.41, 5.74) is -1.29. The second kappa shape index (κ2) is 5.78. The minimum absolute atomic E-state index is 0.00162. The molecule has 0 fully saturated rings. The molecular weight excluding hydrogens is 303 g/mol. The molecule has 0 unspecified atom stereocenters. The van der Waals surface area contributed by atoms with E-state index in [0.29, 0.717) is 18.4 Å². The van der Waals surface area contributed by atoms with Crippen molar-refractivity contribution in [3.63, 3.8) is 0 Å². The van der Waals surface area contributed by atoms with Gasteiger partial charge in [-0.3, -0.25) is 9.48 Å². The molecule has 0 aliphatic rings. The van der Waals surface area contributed by atoms with Gasteiger partial charge in [-0.25, -0.2) is 0 Å². The van der Waals surface area contributed by atoms with E-state index in [0.717, 1.165) is 4.68 Å². The Balaban J connectivity index is 2.15. The van der Waals surface area contributed by atoms with Crippen LogP contribution in [0.1, 0.15) is 34.9 Å². The Morgan fingerprint density at radius 2 is 2.00 bits per heavy atom. The number of halogens is 3. The summed E-state index contributed by atoms with van der Waals surface area (Å²) in [7, 11) is 2.70. The Hall–Kier alpha value is -2.39. The summed E-state index contributed by atoms with van der Waals surface area (Å²) in [6.45, 7) is 1.83. The van der Waals surface area contributed by atoms with Crippen molar-refractivity contribution in [2.24, 2.45) is 7.05 Å². The normalized spacial score (nSPS) is 11.7. The molecule has 0 atom stereocenters. The third-order valence-electron chi connectivity index (χ3n) is 2.92. The number of rotatable bonds is 4. The Kier molecular flexibility index (Phi) is 4.20. The Morgan fingerprint density at radius 3 is 2.50 bits per heavy atom.